The van der Waals surface area contributed by atoms with Crippen molar-refractivity contribution in [2.45, 2.75) is 9.79 Å². The lowest BCUT2D eigenvalue weighted by Crippen LogP contribution is -1.97. The summed E-state index contributed by atoms with van der Waals surface area (Å²) >= 11 is 0. The molecule has 0 unspecified atom stereocenters. The second kappa shape index (κ2) is 4.03. The number of fused-ring (bicyclic) bond motifs is 6. The lowest BCUT2D eigenvalue weighted by atomic mass is 10.0. The highest BCUT2D eigenvalue weighted by Crippen LogP contribution is 2.45. The molecule has 4 heteroatoms. The van der Waals surface area contributed by atoms with Gasteiger partial charge in [-0.25, -0.2) is 8.42 Å². The van der Waals surface area contributed by atoms with E-state index in [0.29, 0.717) is 9.79 Å². The molecule has 1 aliphatic heterocycles. The summed E-state index contributed by atoms with van der Waals surface area (Å²) in [5.41, 5.74) is 3.67. The van der Waals surface area contributed by atoms with Crippen molar-refractivity contribution in [3.05, 3.63) is 60.7 Å². The van der Waals surface area contributed by atoms with E-state index in [4.69, 9.17) is 0 Å². The largest absolute Gasteiger partial charge is 0.344 e. The van der Waals surface area contributed by atoms with E-state index in [9.17, 15) is 8.42 Å². The Bertz CT molecular complexity index is 1230. The predicted octanol–water partition coefficient (Wildman–Crippen LogP) is 4.14. The number of benzene rings is 3. The number of aromatic nitrogens is 1. The van der Waals surface area contributed by atoms with Gasteiger partial charge in [-0.2, -0.15) is 0 Å². The Hall–Kier alpha value is -2.59. The van der Waals surface area contributed by atoms with Crippen LogP contribution in [-0.2, 0) is 16.9 Å². The molecular weight excluding hydrogens is 306 g/mol. The van der Waals surface area contributed by atoms with E-state index in [1.807, 2.05) is 43.4 Å². The molecule has 1 aromatic heterocycles. The molecular formula is C19H13NO2S. The van der Waals surface area contributed by atoms with Crippen LogP contribution in [-0.4, -0.2) is 13.0 Å². The molecule has 3 nitrogen and oxygen atoms in total. The number of hydrogen-bond donors (Lipinski definition) is 0. The molecule has 0 N–H and O–H groups in total. The molecule has 0 saturated carbocycles. The van der Waals surface area contributed by atoms with Gasteiger partial charge in [0.25, 0.3) is 0 Å². The number of sulfone groups is 1. The molecule has 0 radical (unpaired) electrons. The second-order valence-corrected chi connectivity index (χ2v) is 7.83. The second-order valence-electron chi connectivity index (χ2n) is 5.94. The van der Waals surface area contributed by atoms with Crippen molar-refractivity contribution in [2.24, 2.45) is 7.05 Å². The molecule has 2 heterocycles. The molecule has 0 atom stereocenters. The van der Waals surface area contributed by atoms with Crippen LogP contribution in [0.3, 0.4) is 0 Å². The summed E-state index contributed by atoms with van der Waals surface area (Å²) in [7, 11) is -1.45. The third kappa shape index (κ3) is 1.46. The third-order valence-corrected chi connectivity index (χ3v) is 6.62. The van der Waals surface area contributed by atoms with Crippen LogP contribution < -0.4 is 0 Å². The van der Waals surface area contributed by atoms with Gasteiger partial charge in [-0.1, -0.05) is 36.4 Å². The van der Waals surface area contributed by atoms with Gasteiger partial charge in [0, 0.05) is 34.5 Å². The van der Waals surface area contributed by atoms with Gasteiger partial charge in [0.1, 0.15) is 0 Å². The van der Waals surface area contributed by atoms with Crippen LogP contribution in [0.2, 0.25) is 0 Å². The van der Waals surface area contributed by atoms with E-state index in [1.165, 1.54) is 0 Å². The molecule has 0 bridgehead atoms. The van der Waals surface area contributed by atoms with Gasteiger partial charge in [-0.15, -0.1) is 0 Å². The molecule has 1 aliphatic rings. The highest BCUT2D eigenvalue weighted by molar-refractivity contribution is 7.92. The van der Waals surface area contributed by atoms with Crippen LogP contribution in [0.1, 0.15) is 0 Å². The van der Waals surface area contributed by atoms with Crippen molar-refractivity contribution in [3.63, 3.8) is 0 Å². The van der Waals surface area contributed by atoms with Crippen molar-refractivity contribution < 1.29 is 8.42 Å². The molecule has 0 saturated heterocycles. The minimum Gasteiger partial charge on any atom is -0.344 e. The maximum Gasteiger partial charge on any atom is 0.207 e. The minimum atomic E-state index is -3.42. The Morgan fingerprint density at radius 2 is 1.48 bits per heavy atom. The fraction of sp³-hybridized carbons (Fsp3) is 0.0526. The highest BCUT2D eigenvalue weighted by atomic mass is 32.2. The Morgan fingerprint density at radius 3 is 2.35 bits per heavy atom. The van der Waals surface area contributed by atoms with E-state index in [1.54, 1.807) is 12.1 Å². The van der Waals surface area contributed by atoms with E-state index < -0.39 is 9.84 Å². The van der Waals surface area contributed by atoms with Crippen LogP contribution >= 0.6 is 0 Å². The molecule has 112 valence electrons. The van der Waals surface area contributed by atoms with E-state index in [2.05, 4.69) is 16.7 Å². The molecule has 0 spiro atoms. The number of aryl methyl sites for hydroxylation is 1. The van der Waals surface area contributed by atoms with Crippen molar-refractivity contribution in [2.75, 3.05) is 0 Å². The van der Waals surface area contributed by atoms with Crippen LogP contribution in [0, 0.1) is 0 Å². The average Bonchev–Trinajstić information content (AvgIpc) is 2.98. The summed E-state index contributed by atoms with van der Waals surface area (Å²) in [5, 5.41) is 2.24. The van der Waals surface area contributed by atoms with E-state index in [0.717, 1.165) is 32.9 Å². The monoisotopic (exact) mass is 319 g/mol. The Labute approximate surface area is 133 Å². The van der Waals surface area contributed by atoms with Gasteiger partial charge in [-0.3, -0.25) is 0 Å². The molecule has 23 heavy (non-hydrogen) atoms. The average molecular weight is 319 g/mol. The Balaban J connectivity index is 2.03. The van der Waals surface area contributed by atoms with Crippen LogP contribution in [0.4, 0.5) is 0 Å². The predicted molar refractivity (Wildman–Crippen MR) is 91.3 cm³/mol. The van der Waals surface area contributed by atoms with Gasteiger partial charge >= 0.3 is 0 Å². The molecule has 3 aromatic carbocycles. The van der Waals surface area contributed by atoms with Crippen molar-refractivity contribution in [1.29, 1.82) is 0 Å². The number of para-hydroxylation sites is 1. The maximum absolute atomic E-state index is 12.8. The van der Waals surface area contributed by atoms with Crippen molar-refractivity contribution in [1.82, 2.24) is 4.57 Å². The van der Waals surface area contributed by atoms with Crippen LogP contribution in [0.25, 0.3) is 32.9 Å². The SMILES string of the molecule is Cn1c2ccccc2c2cc3c(cc21)S(=O)(=O)c1ccccc1-3. The summed E-state index contributed by atoms with van der Waals surface area (Å²) in [4.78, 5) is 0.826. The molecule has 4 aromatic rings. The first-order chi connectivity index (χ1) is 11.1. The normalized spacial score (nSPS) is 15.0. The summed E-state index contributed by atoms with van der Waals surface area (Å²) in [6, 6.07) is 19.2. The van der Waals surface area contributed by atoms with Gasteiger partial charge in [0.15, 0.2) is 0 Å². The lowest BCUT2D eigenvalue weighted by molar-refractivity contribution is 0.599. The number of rotatable bonds is 0. The van der Waals surface area contributed by atoms with E-state index in [-0.39, 0.29) is 0 Å². The highest BCUT2D eigenvalue weighted by Gasteiger charge is 2.33. The first-order valence-corrected chi connectivity index (χ1v) is 8.93. The fourth-order valence-electron chi connectivity index (χ4n) is 3.66. The zero-order valence-corrected chi connectivity index (χ0v) is 13.3. The molecule has 0 fully saturated rings. The number of nitrogens with zero attached hydrogens (tertiary/aromatic N) is 1. The van der Waals surface area contributed by atoms with Gasteiger partial charge in [0.05, 0.1) is 15.3 Å². The summed E-state index contributed by atoms with van der Waals surface area (Å²) in [5.74, 6) is 0. The standard InChI is InChI=1S/C19H13NO2S/c1-20-16-8-4-2-6-12(16)14-10-15-13-7-3-5-9-18(13)23(21,22)19(15)11-17(14)20/h2-11H,1H3. The van der Waals surface area contributed by atoms with Gasteiger partial charge < -0.3 is 4.57 Å². The zero-order chi connectivity index (χ0) is 15.8. The van der Waals surface area contributed by atoms with Gasteiger partial charge in [0.2, 0.25) is 9.84 Å². The molecule has 5 rings (SSSR count). The summed E-state index contributed by atoms with van der Waals surface area (Å²) < 4.78 is 27.7. The van der Waals surface area contributed by atoms with Crippen LogP contribution in [0.15, 0.2) is 70.5 Å². The van der Waals surface area contributed by atoms with Gasteiger partial charge in [-0.05, 0) is 24.3 Å². The lowest BCUT2D eigenvalue weighted by Gasteiger charge is -2.02. The first-order valence-electron chi connectivity index (χ1n) is 7.45. The van der Waals surface area contributed by atoms with Crippen LogP contribution in [0.5, 0.6) is 0 Å². The van der Waals surface area contributed by atoms with Crippen molar-refractivity contribution >= 4 is 31.6 Å². The van der Waals surface area contributed by atoms with E-state index >= 15 is 0 Å². The third-order valence-electron chi connectivity index (χ3n) is 4.77. The molecule has 0 amide bonds. The minimum absolute atomic E-state index is 0.412. The maximum atomic E-state index is 12.8. The first kappa shape index (κ1) is 12.9. The smallest absolute Gasteiger partial charge is 0.207 e. The number of hydrogen-bond acceptors (Lipinski definition) is 2. The van der Waals surface area contributed by atoms with Crippen molar-refractivity contribution in [3.8, 4) is 11.1 Å². The molecule has 0 aliphatic carbocycles. The fourth-order valence-corrected chi connectivity index (χ4v) is 5.35. The Kier molecular flexibility index (Phi) is 2.26. The Morgan fingerprint density at radius 1 is 0.739 bits per heavy atom. The zero-order valence-electron chi connectivity index (χ0n) is 12.4. The topological polar surface area (TPSA) is 39.1 Å². The summed E-state index contributed by atoms with van der Waals surface area (Å²) in [6.07, 6.45) is 0. The summed E-state index contributed by atoms with van der Waals surface area (Å²) in [6.45, 7) is 0. The quantitative estimate of drug-likeness (QED) is 0.430.